The zero-order valence-corrected chi connectivity index (χ0v) is 12.9. The monoisotopic (exact) mass is 282 g/mol. The van der Waals surface area contributed by atoms with Crippen molar-refractivity contribution in [3.63, 3.8) is 0 Å². The molecule has 5 nitrogen and oxygen atoms in total. The minimum atomic E-state index is -1.15. The van der Waals surface area contributed by atoms with E-state index in [4.69, 9.17) is 10.5 Å². The van der Waals surface area contributed by atoms with Gasteiger partial charge in [0, 0.05) is 0 Å². The molecule has 106 valence electrons. The highest BCUT2D eigenvalue weighted by Gasteiger charge is 2.64. The van der Waals surface area contributed by atoms with Crippen molar-refractivity contribution in [2.24, 2.45) is 5.73 Å². The molecule has 0 aliphatic carbocycles. The van der Waals surface area contributed by atoms with Crippen LogP contribution in [0, 0.1) is 0 Å². The van der Waals surface area contributed by atoms with Crippen molar-refractivity contribution in [1.82, 2.24) is 5.32 Å². The average Bonchev–Trinajstić information content (AvgIpc) is 2.56. The number of hydrogen-bond donors (Lipinski definition) is 2. The predicted octanol–water partition coefficient (Wildman–Crippen LogP) is -4.14. The van der Waals surface area contributed by atoms with Gasteiger partial charge in [-0.05, 0) is 10.8 Å². The van der Waals surface area contributed by atoms with E-state index in [9.17, 15) is 9.59 Å². The van der Waals surface area contributed by atoms with Crippen LogP contribution in [0.1, 0.15) is 5.56 Å². The fourth-order valence-electron chi connectivity index (χ4n) is 2.49. The lowest BCUT2D eigenvalue weighted by molar-refractivity contribution is -0.149. The predicted molar refractivity (Wildman–Crippen MR) is 90.9 cm³/mol. The van der Waals surface area contributed by atoms with Crippen LogP contribution in [0.15, 0.2) is 30.3 Å². The molecule has 1 aromatic carbocycles. The fourth-order valence-corrected chi connectivity index (χ4v) is 2.49. The van der Waals surface area contributed by atoms with Crippen LogP contribution in [-0.4, -0.2) is 54.1 Å². The summed E-state index contributed by atoms with van der Waals surface area (Å²) in [7, 11) is 6.90. The Bertz CT molecular complexity index is 579. The Morgan fingerprint density at radius 2 is 1.76 bits per heavy atom. The quantitative estimate of drug-likeness (QED) is 0.435. The van der Waals surface area contributed by atoms with Gasteiger partial charge in [-0.3, -0.25) is 9.59 Å². The van der Waals surface area contributed by atoms with E-state index in [0.29, 0.717) is 0 Å². The molecule has 0 aromatic heterocycles. The van der Waals surface area contributed by atoms with Crippen molar-refractivity contribution < 1.29 is 14.3 Å². The largest absolute Gasteiger partial charge is 0.460 e. The molecule has 2 rings (SSSR count). The fraction of sp³-hybridized carbons (Fsp3) is 0.333. The molecule has 0 spiro atoms. The topological polar surface area (TPSA) is 81.4 Å². The molecule has 0 radical (unpaired) electrons. The summed E-state index contributed by atoms with van der Waals surface area (Å²) >= 11 is 0. The number of esters is 1. The highest BCUT2D eigenvalue weighted by molar-refractivity contribution is 6.58. The summed E-state index contributed by atoms with van der Waals surface area (Å²) in [6.45, 7) is 0.169. The second-order valence-corrected chi connectivity index (χ2v) is 6.47. The van der Waals surface area contributed by atoms with Gasteiger partial charge in [0.05, 0.1) is 10.9 Å². The number of nitrogens with one attached hydrogen (secondary N) is 1. The molecule has 1 saturated heterocycles. The molecule has 3 N–H and O–H groups in total. The second-order valence-electron chi connectivity index (χ2n) is 6.47. The SMILES string of the molecule is BC1(N)C(=O)NC(B)(C(=O)OCc2ccccc2)C1(B)B. The molecule has 1 aliphatic rings. The number of amides is 1. The van der Waals surface area contributed by atoms with E-state index in [0.717, 1.165) is 5.56 Å². The number of ether oxygens (including phenoxy) is 1. The van der Waals surface area contributed by atoms with E-state index in [2.05, 4.69) is 5.32 Å². The van der Waals surface area contributed by atoms with Crippen LogP contribution < -0.4 is 11.1 Å². The summed E-state index contributed by atoms with van der Waals surface area (Å²) in [5, 5.41) is 1.94. The lowest BCUT2D eigenvalue weighted by Gasteiger charge is -2.41. The van der Waals surface area contributed by atoms with Crippen LogP contribution in [0.2, 0.25) is 5.21 Å². The lowest BCUT2D eigenvalue weighted by Crippen LogP contribution is -2.62. The third-order valence-corrected chi connectivity index (χ3v) is 5.00. The Labute approximate surface area is 128 Å². The van der Waals surface area contributed by atoms with Gasteiger partial charge in [-0.2, -0.15) is 0 Å². The maximum absolute atomic E-state index is 12.5. The molecule has 1 fully saturated rings. The standard InChI is InChI=1S/C12H18B4N2O3/c13-10(17)8(19)18-11(14,12(10,15)16)9(20)21-6-7-4-2-1-3-5-7/h1-5H,6,13-17H2,(H,18,19). The number of rotatable bonds is 3. The molecule has 1 heterocycles. The van der Waals surface area contributed by atoms with Crippen LogP contribution in [0.25, 0.3) is 0 Å². The van der Waals surface area contributed by atoms with Gasteiger partial charge in [0.15, 0.2) is 0 Å². The summed E-state index contributed by atoms with van der Waals surface area (Å²) in [6.07, 6.45) is 0. The second kappa shape index (κ2) is 4.98. The number of carbonyl (C=O) groups excluding carboxylic acids is 2. The van der Waals surface area contributed by atoms with Gasteiger partial charge in [0.2, 0.25) is 5.91 Å². The van der Waals surface area contributed by atoms with Crippen LogP contribution in [0.5, 0.6) is 0 Å². The number of hydrogen-bond acceptors (Lipinski definition) is 4. The normalized spacial score (nSPS) is 30.6. The minimum absolute atomic E-state index is 0.169. The average molecular weight is 282 g/mol. The van der Waals surface area contributed by atoms with Gasteiger partial charge in [-0.25, -0.2) is 0 Å². The molecule has 9 heteroatoms. The van der Waals surface area contributed by atoms with Crippen LogP contribution >= 0.6 is 0 Å². The molecule has 1 amide bonds. The van der Waals surface area contributed by atoms with Gasteiger partial charge in [-0.15, -0.1) is 0 Å². The first kappa shape index (κ1) is 15.8. The van der Waals surface area contributed by atoms with E-state index >= 15 is 0 Å². The van der Waals surface area contributed by atoms with Gasteiger partial charge < -0.3 is 15.8 Å². The zero-order valence-electron chi connectivity index (χ0n) is 12.9. The molecular formula is C12H18B4N2O3. The van der Waals surface area contributed by atoms with Crippen LogP contribution in [-0.2, 0) is 20.9 Å². The molecule has 0 bridgehead atoms. The summed E-state index contributed by atoms with van der Waals surface area (Å²) in [4.78, 5) is 24.6. The molecule has 2 atom stereocenters. The van der Waals surface area contributed by atoms with Crippen molar-refractivity contribution >= 4 is 43.3 Å². The van der Waals surface area contributed by atoms with Gasteiger partial charge >= 0.3 is 5.97 Å². The smallest absolute Gasteiger partial charge is 0.322 e. The number of benzene rings is 1. The first-order valence-electron chi connectivity index (χ1n) is 6.95. The Morgan fingerprint density at radius 1 is 1.19 bits per heavy atom. The molecule has 0 saturated carbocycles. The summed E-state index contributed by atoms with van der Waals surface area (Å²) in [5.41, 5.74) is 4.71. The zero-order chi connectivity index (χ0) is 15.9. The van der Waals surface area contributed by atoms with E-state index in [1.807, 2.05) is 30.3 Å². The molecule has 21 heavy (non-hydrogen) atoms. The summed E-state index contributed by atoms with van der Waals surface area (Å²) < 4.78 is 5.38. The Morgan fingerprint density at radius 3 is 2.24 bits per heavy atom. The van der Waals surface area contributed by atoms with E-state index in [1.54, 1.807) is 31.4 Å². The molecule has 1 aliphatic heterocycles. The number of nitrogens with two attached hydrogens (primary N) is 1. The summed E-state index contributed by atoms with van der Waals surface area (Å²) in [6, 6.07) is 9.40. The third-order valence-electron chi connectivity index (χ3n) is 5.00. The first-order valence-corrected chi connectivity index (χ1v) is 6.95. The van der Waals surface area contributed by atoms with E-state index in [1.165, 1.54) is 0 Å². The third kappa shape index (κ3) is 2.29. The van der Waals surface area contributed by atoms with Crippen LogP contribution in [0.4, 0.5) is 0 Å². The maximum atomic E-state index is 12.5. The first-order chi connectivity index (χ1) is 9.63. The molecule has 2 unspecified atom stereocenters. The van der Waals surface area contributed by atoms with Crippen molar-refractivity contribution in [2.45, 2.75) is 22.7 Å². The van der Waals surface area contributed by atoms with Crippen molar-refractivity contribution in [2.75, 3.05) is 0 Å². The highest BCUT2D eigenvalue weighted by atomic mass is 16.5. The van der Waals surface area contributed by atoms with Gasteiger partial charge in [0.1, 0.15) is 38.0 Å². The molecular weight excluding hydrogens is 263 g/mol. The van der Waals surface area contributed by atoms with Crippen molar-refractivity contribution in [1.29, 1.82) is 0 Å². The Hall–Kier alpha value is -1.62. The van der Waals surface area contributed by atoms with E-state index in [-0.39, 0.29) is 12.5 Å². The number of carbonyl (C=O) groups is 2. The van der Waals surface area contributed by atoms with Gasteiger partial charge in [0.25, 0.3) is 0 Å². The highest BCUT2D eigenvalue weighted by Crippen LogP contribution is 2.44. The van der Waals surface area contributed by atoms with E-state index < -0.39 is 22.1 Å². The summed E-state index contributed by atoms with van der Waals surface area (Å²) in [5.74, 6) is -0.814. The molecule has 1 aromatic rings. The van der Waals surface area contributed by atoms with Crippen molar-refractivity contribution in [3.05, 3.63) is 35.9 Å². The Balaban J connectivity index is 2.17. The minimum Gasteiger partial charge on any atom is -0.460 e. The Kier molecular flexibility index (Phi) is 3.74. The van der Waals surface area contributed by atoms with Crippen molar-refractivity contribution in [3.8, 4) is 0 Å². The maximum Gasteiger partial charge on any atom is 0.322 e. The van der Waals surface area contributed by atoms with Crippen LogP contribution in [0.3, 0.4) is 0 Å². The van der Waals surface area contributed by atoms with Gasteiger partial charge in [-0.1, -0.05) is 30.3 Å². The lowest BCUT2D eigenvalue weighted by atomic mass is 9.32.